The molecule has 41 heavy (non-hydrogen) atoms. The van der Waals surface area contributed by atoms with Crippen LogP contribution < -0.4 is 24.6 Å². The second kappa shape index (κ2) is 11.3. The highest BCUT2D eigenvalue weighted by atomic mass is 32.2. The summed E-state index contributed by atoms with van der Waals surface area (Å²) < 4.78 is 11.7. The number of hydrogen-bond donors (Lipinski definition) is 2. The van der Waals surface area contributed by atoms with Gasteiger partial charge < -0.3 is 19.8 Å². The number of hydrogen-bond acceptors (Lipinski definition) is 8. The molecule has 0 spiro atoms. The van der Waals surface area contributed by atoms with Crippen LogP contribution in [0.5, 0.6) is 11.5 Å². The van der Waals surface area contributed by atoms with Crippen LogP contribution in [0.15, 0.2) is 88.7 Å². The van der Waals surface area contributed by atoms with Crippen molar-refractivity contribution in [3.63, 3.8) is 0 Å². The molecule has 2 unspecified atom stereocenters. The highest BCUT2D eigenvalue weighted by Gasteiger charge is 2.56. The van der Waals surface area contributed by atoms with E-state index in [9.17, 15) is 19.2 Å². The second-order valence-electron chi connectivity index (χ2n) is 9.44. The standard InChI is InChI=1S/C30H25N3O6S2/c1-2-38-21-15-17(13-14-20(21)39-16-22(34)31-18-9-5-3-6-10-18)23-24-26(40-27-25(23)41-30(37)32-27)29(36)33(28(24)35)19-11-7-4-8-12-19/h3-15,23-24,26H,2,16H2,1H3,(H,31,34)(H,32,37)/t23-,24?,26?/m1/s1. The number of fused-ring (bicyclic) bond motifs is 2. The molecule has 3 heterocycles. The third kappa shape index (κ3) is 5.14. The van der Waals surface area contributed by atoms with Gasteiger partial charge in [0.05, 0.1) is 23.2 Å². The van der Waals surface area contributed by atoms with E-state index in [1.165, 1.54) is 16.7 Å². The average Bonchev–Trinajstić information content (AvgIpc) is 3.47. The fourth-order valence-electron chi connectivity index (χ4n) is 5.18. The van der Waals surface area contributed by atoms with Gasteiger partial charge in [0.1, 0.15) is 5.25 Å². The Hall–Kier alpha value is -4.35. The molecule has 208 valence electrons. The van der Waals surface area contributed by atoms with Gasteiger partial charge in [-0.25, -0.2) is 4.90 Å². The normalized spacial score (nSPS) is 19.4. The maximum Gasteiger partial charge on any atom is 0.305 e. The van der Waals surface area contributed by atoms with Crippen molar-refractivity contribution in [2.75, 3.05) is 23.4 Å². The predicted molar refractivity (Wildman–Crippen MR) is 157 cm³/mol. The first kappa shape index (κ1) is 26.9. The fourth-order valence-corrected chi connectivity index (χ4v) is 7.69. The number of aromatic nitrogens is 1. The number of ether oxygens (including phenoxy) is 2. The zero-order valence-electron chi connectivity index (χ0n) is 21.9. The lowest BCUT2D eigenvalue weighted by molar-refractivity contribution is -0.122. The molecule has 1 fully saturated rings. The van der Waals surface area contributed by atoms with Crippen LogP contribution in [0.3, 0.4) is 0 Å². The lowest BCUT2D eigenvalue weighted by Crippen LogP contribution is -2.32. The van der Waals surface area contributed by atoms with Gasteiger partial charge in [0, 0.05) is 16.5 Å². The number of thioether (sulfide) groups is 1. The van der Waals surface area contributed by atoms with Gasteiger partial charge in [0.15, 0.2) is 18.1 Å². The van der Waals surface area contributed by atoms with Crippen LogP contribution in [0.25, 0.3) is 0 Å². The van der Waals surface area contributed by atoms with Crippen molar-refractivity contribution in [3.05, 3.63) is 99.0 Å². The van der Waals surface area contributed by atoms with Crippen LogP contribution in [-0.4, -0.2) is 41.2 Å². The zero-order chi connectivity index (χ0) is 28.5. The third-order valence-corrected chi connectivity index (χ3v) is 9.28. The van der Waals surface area contributed by atoms with Crippen LogP contribution >= 0.6 is 23.1 Å². The van der Waals surface area contributed by atoms with Crippen LogP contribution in [-0.2, 0) is 14.4 Å². The van der Waals surface area contributed by atoms with Gasteiger partial charge in [0.25, 0.3) is 5.91 Å². The Labute approximate surface area is 243 Å². The number of rotatable bonds is 8. The molecule has 0 radical (unpaired) electrons. The van der Waals surface area contributed by atoms with E-state index < -0.39 is 17.1 Å². The number of imide groups is 1. The number of anilines is 2. The number of para-hydroxylation sites is 2. The molecule has 2 aliphatic rings. The number of carbonyl (C=O) groups is 3. The molecule has 1 aromatic heterocycles. The Morgan fingerprint density at radius 1 is 0.927 bits per heavy atom. The summed E-state index contributed by atoms with van der Waals surface area (Å²) in [5, 5.41) is 2.68. The number of aromatic amines is 1. The quantitative estimate of drug-likeness (QED) is 0.288. The number of H-pyrrole nitrogens is 1. The van der Waals surface area contributed by atoms with Gasteiger partial charge >= 0.3 is 4.87 Å². The van der Waals surface area contributed by atoms with E-state index >= 15 is 0 Å². The molecule has 11 heteroatoms. The lowest BCUT2D eigenvalue weighted by Gasteiger charge is -2.30. The van der Waals surface area contributed by atoms with E-state index in [-0.39, 0.29) is 29.2 Å². The van der Waals surface area contributed by atoms with Crippen molar-refractivity contribution in [3.8, 4) is 11.5 Å². The molecule has 6 rings (SSSR count). The van der Waals surface area contributed by atoms with Crippen molar-refractivity contribution in [1.82, 2.24) is 4.98 Å². The van der Waals surface area contributed by atoms with Gasteiger partial charge in [-0.15, -0.1) is 0 Å². The van der Waals surface area contributed by atoms with E-state index in [0.717, 1.165) is 11.3 Å². The molecule has 0 bridgehead atoms. The largest absolute Gasteiger partial charge is 0.490 e. The molecule has 4 aromatic rings. The SMILES string of the molecule is CCOc1cc([C@H]2c3sc(=O)[nH]c3SC3C(=O)N(c4ccccc4)C(=O)C32)ccc1OCC(=O)Nc1ccccc1. The van der Waals surface area contributed by atoms with Gasteiger partial charge in [-0.1, -0.05) is 65.6 Å². The van der Waals surface area contributed by atoms with E-state index in [1.807, 2.05) is 31.2 Å². The molecule has 3 aromatic carbocycles. The maximum atomic E-state index is 13.9. The van der Waals surface area contributed by atoms with Crippen molar-refractivity contribution < 1.29 is 23.9 Å². The Morgan fingerprint density at radius 3 is 2.39 bits per heavy atom. The lowest BCUT2D eigenvalue weighted by atomic mass is 9.83. The molecule has 1 saturated heterocycles. The minimum atomic E-state index is -0.718. The van der Waals surface area contributed by atoms with E-state index in [0.29, 0.717) is 44.9 Å². The summed E-state index contributed by atoms with van der Waals surface area (Å²) >= 11 is 2.27. The first-order valence-corrected chi connectivity index (χ1v) is 14.7. The number of thiazole rings is 1. The average molecular weight is 588 g/mol. The minimum absolute atomic E-state index is 0.234. The van der Waals surface area contributed by atoms with Gasteiger partial charge in [-0.2, -0.15) is 0 Å². The van der Waals surface area contributed by atoms with Crippen LogP contribution in [0, 0.1) is 5.92 Å². The zero-order valence-corrected chi connectivity index (χ0v) is 23.5. The van der Waals surface area contributed by atoms with Crippen LogP contribution in [0.1, 0.15) is 23.3 Å². The molecular weight excluding hydrogens is 562 g/mol. The molecule has 0 saturated carbocycles. The number of nitrogens with zero attached hydrogens (tertiary/aromatic N) is 1. The van der Waals surface area contributed by atoms with Crippen molar-refractivity contribution in [1.29, 1.82) is 0 Å². The fraction of sp³-hybridized carbons (Fsp3) is 0.200. The predicted octanol–water partition coefficient (Wildman–Crippen LogP) is 4.65. The van der Waals surface area contributed by atoms with Crippen LogP contribution in [0.2, 0.25) is 0 Å². The minimum Gasteiger partial charge on any atom is -0.490 e. The molecule has 3 amide bonds. The molecular formula is C30H25N3O6S2. The second-order valence-corrected chi connectivity index (χ2v) is 11.6. The van der Waals surface area contributed by atoms with E-state index in [2.05, 4.69) is 10.3 Å². The summed E-state index contributed by atoms with van der Waals surface area (Å²) in [6.07, 6.45) is 0. The Balaban J connectivity index is 1.32. The maximum absolute atomic E-state index is 13.9. The van der Waals surface area contributed by atoms with Gasteiger partial charge in [0.2, 0.25) is 11.8 Å². The van der Waals surface area contributed by atoms with Crippen molar-refractivity contribution >= 4 is 52.2 Å². The third-order valence-electron chi connectivity index (χ3n) is 6.88. The summed E-state index contributed by atoms with van der Waals surface area (Å²) in [5.74, 6) is -1.47. The highest BCUT2D eigenvalue weighted by molar-refractivity contribution is 8.00. The highest BCUT2D eigenvalue weighted by Crippen LogP contribution is 2.53. The first-order chi connectivity index (χ1) is 19.9. The Kier molecular flexibility index (Phi) is 7.38. The van der Waals surface area contributed by atoms with Crippen molar-refractivity contribution in [2.24, 2.45) is 5.92 Å². The summed E-state index contributed by atoms with van der Waals surface area (Å²) in [5.41, 5.74) is 1.88. The summed E-state index contributed by atoms with van der Waals surface area (Å²) in [7, 11) is 0. The van der Waals surface area contributed by atoms with Gasteiger partial charge in [-0.05, 0) is 48.9 Å². The molecule has 2 N–H and O–H groups in total. The summed E-state index contributed by atoms with van der Waals surface area (Å²) in [6, 6.07) is 23.2. The van der Waals surface area contributed by atoms with E-state index in [1.54, 1.807) is 54.6 Å². The number of benzene rings is 3. The molecule has 9 nitrogen and oxygen atoms in total. The number of carbonyl (C=O) groups excluding carboxylic acids is 3. The van der Waals surface area contributed by atoms with Crippen LogP contribution in [0.4, 0.5) is 11.4 Å². The number of nitrogens with one attached hydrogen (secondary N) is 2. The smallest absolute Gasteiger partial charge is 0.305 e. The Bertz CT molecular complexity index is 1670. The van der Waals surface area contributed by atoms with Gasteiger partial charge in [-0.3, -0.25) is 19.2 Å². The van der Waals surface area contributed by atoms with E-state index in [4.69, 9.17) is 9.47 Å². The molecule has 3 atom stereocenters. The first-order valence-electron chi connectivity index (χ1n) is 13.0. The topological polar surface area (TPSA) is 118 Å². The molecule has 0 aliphatic carbocycles. The van der Waals surface area contributed by atoms with Crippen molar-refractivity contribution in [2.45, 2.75) is 23.1 Å². The molecule has 2 aliphatic heterocycles. The number of amides is 3. The summed E-state index contributed by atoms with van der Waals surface area (Å²) in [4.78, 5) is 56.8. The Morgan fingerprint density at radius 2 is 1.66 bits per heavy atom. The summed E-state index contributed by atoms with van der Waals surface area (Å²) in [6.45, 7) is 1.94. The monoisotopic (exact) mass is 587 g/mol.